The first kappa shape index (κ1) is 22.7. The van der Waals surface area contributed by atoms with Crippen molar-refractivity contribution in [3.05, 3.63) is 55.2 Å². The van der Waals surface area contributed by atoms with Crippen LogP contribution in [0, 0.1) is 10.1 Å². The van der Waals surface area contributed by atoms with Gasteiger partial charge < -0.3 is 9.80 Å². The SMILES string of the molecule is O=C(c1ccc(Cl)c([N+](=O)[O-])c1)N1CCN(c2nc(C3CC3)nc3sc4c(c23)CCCCC4)CC1. The summed E-state index contributed by atoms with van der Waals surface area (Å²) in [4.78, 5) is 40.5. The first-order valence-corrected chi connectivity index (χ1v) is 13.5. The van der Waals surface area contributed by atoms with Crippen LogP contribution < -0.4 is 4.90 Å². The monoisotopic (exact) mass is 511 g/mol. The molecule has 1 aliphatic heterocycles. The molecule has 3 aliphatic rings. The van der Waals surface area contributed by atoms with Crippen LogP contribution in [0.1, 0.15) is 64.6 Å². The maximum Gasteiger partial charge on any atom is 0.288 e. The highest BCUT2D eigenvalue weighted by Crippen LogP contribution is 2.44. The van der Waals surface area contributed by atoms with Crippen LogP contribution in [0.4, 0.5) is 11.5 Å². The van der Waals surface area contributed by atoms with Gasteiger partial charge in [0.2, 0.25) is 0 Å². The zero-order chi connectivity index (χ0) is 24.1. The van der Waals surface area contributed by atoms with Crippen molar-refractivity contribution < 1.29 is 9.72 Å². The van der Waals surface area contributed by atoms with E-state index < -0.39 is 4.92 Å². The van der Waals surface area contributed by atoms with Gasteiger partial charge in [0.15, 0.2) is 0 Å². The maximum atomic E-state index is 13.1. The van der Waals surface area contributed by atoms with Gasteiger partial charge in [0.1, 0.15) is 21.5 Å². The van der Waals surface area contributed by atoms with E-state index in [2.05, 4.69) is 4.90 Å². The summed E-state index contributed by atoms with van der Waals surface area (Å²) in [7, 11) is 0. The number of piperazine rings is 1. The first-order chi connectivity index (χ1) is 17.0. The Hall–Kier alpha value is -2.78. The standard InChI is InChI=1S/C25H26ClN5O3S/c26-18-9-8-16(14-19(18)31(33)34)25(32)30-12-10-29(11-13-30)23-21-17-4-2-1-3-5-20(17)35-24(21)28-22(27-23)15-6-7-15/h8-9,14-15H,1-7,10-13H2. The van der Waals surface area contributed by atoms with E-state index >= 15 is 0 Å². The van der Waals surface area contributed by atoms with E-state index in [0.717, 1.165) is 42.2 Å². The van der Waals surface area contributed by atoms with E-state index in [4.69, 9.17) is 21.6 Å². The molecule has 0 unspecified atom stereocenters. The van der Waals surface area contributed by atoms with Crippen LogP contribution in [0.2, 0.25) is 5.02 Å². The van der Waals surface area contributed by atoms with Crippen LogP contribution in [0.15, 0.2) is 18.2 Å². The number of amides is 1. The average molecular weight is 512 g/mol. The fraction of sp³-hybridized carbons (Fsp3) is 0.480. The molecular weight excluding hydrogens is 486 g/mol. The smallest absolute Gasteiger partial charge is 0.288 e. The number of carbonyl (C=O) groups is 1. The molecule has 0 bridgehead atoms. The highest BCUT2D eigenvalue weighted by Gasteiger charge is 2.32. The molecule has 6 rings (SSSR count). The summed E-state index contributed by atoms with van der Waals surface area (Å²) < 4.78 is 0. The van der Waals surface area contributed by atoms with Crippen LogP contribution in [0.3, 0.4) is 0 Å². The number of nitro benzene ring substituents is 1. The highest BCUT2D eigenvalue weighted by molar-refractivity contribution is 7.19. The zero-order valence-electron chi connectivity index (χ0n) is 19.3. The first-order valence-electron chi connectivity index (χ1n) is 12.3. The molecule has 1 saturated carbocycles. The topological polar surface area (TPSA) is 92.5 Å². The lowest BCUT2D eigenvalue weighted by atomic mass is 10.1. The van der Waals surface area contributed by atoms with E-state index in [1.165, 1.54) is 47.2 Å². The summed E-state index contributed by atoms with van der Waals surface area (Å²) >= 11 is 7.77. The van der Waals surface area contributed by atoms with Gasteiger partial charge in [-0.25, -0.2) is 9.97 Å². The van der Waals surface area contributed by atoms with Gasteiger partial charge in [-0.05, 0) is 56.2 Å². The Balaban J connectivity index is 1.27. The van der Waals surface area contributed by atoms with Gasteiger partial charge >= 0.3 is 0 Å². The molecule has 2 aliphatic carbocycles. The van der Waals surface area contributed by atoms with Crippen molar-refractivity contribution in [1.82, 2.24) is 14.9 Å². The van der Waals surface area contributed by atoms with E-state index in [-0.39, 0.29) is 22.2 Å². The van der Waals surface area contributed by atoms with E-state index in [1.807, 2.05) is 11.3 Å². The second kappa shape index (κ2) is 9.02. The zero-order valence-corrected chi connectivity index (χ0v) is 20.9. The summed E-state index contributed by atoms with van der Waals surface area (Å²) in [5.74, 6) is 2.27. The highest BCUT2D eigenvalue weighted by atomic mass is 35.5. The number of rotatable bonds is 4. The molecule has 0 atom stereocenters. The van der Waals surface area contributed by atoms with Crippen molar-refractivity contribution >= 4 is 50.6 Å². The Morgan fingerprint density at radius 1 is 1.09 bits per heavy atom. The van der Waals surface area contributed by atoms with E-state index in [1.54, 1.807) is 11.0 Å². The molecule has 2 fully saturated rings. The van der Waals surface area contributed by atoms with Crippen molar-refractivity contribution in [1.29, 1.82) is 0 Å². The molecule has 1 amide bonds. The number of anilines is 1. The maximum absolute atomic E-state index is 13.1. The number of halogens is 1. The fourth-order valence-electron chi connectivity index (χ4n) is 5.17. The van der Waals surface area contributed by atoms with Crippen LogP contribution >= 0.6 is 22.9 Å². The van der Waals surface area contributed by atoms with E-state index in [9.17, 15) is 14.9 Å². The average Bonchev–Trinajstić information content (AvgIpc) is 3.69. The second-order valence-electron chi connectivity index (χ2n) is 9.63. The molecule has 0 spiro atoms. The fourth-order valence-corrected chi connectivity index (χ4v) is 6.62. The Labute approximate surface area is 212 Å². The minimum absolute atomic E-state index is 0.0329. The minimum atomic E-state index is -0.557. The molecular formula is C25H26ClN5O3S. The number of aromatic nitrogens is 2. The predicted molar refractivity (Wildman–Crippen MR) is 137 cm³/mol. The number of fused-ring (bicyclic) bond motifs is 3. The summed E-state index contributed by atoms with van der Waals surface area (Å²) in [5, 5.41) is 12.5. The third-order valence-corrected chi connectivity index (χ3v) is 8.77. The Morgan fingerprint density at radius 2 is 1.86 bits per heavy atom. The quantitative estimate of drug-likeness (QED) is 0.266. The summed E-state index contributed by atoms with van der Waals surface area (Å²) in [6.45, 7) is 2.40. The number of thiophene rings is 1. The van der Waals surface area contributed by atoms with Crippen molar-refractivity contribution in [2.45, 2.75) is 50.9 Å². The van der Waals surface area contributed by atoms with Crippen molar-refractivity contribution in [3.8, 4) is 0 Å². The van der Waals surface area contributed by atoms with Crippen molar-refractivity contribution in [2.24, 2.45) is 0 Å². The molecule has 10 heteroatoms. The van der Waals surface area contributed by atoms with Gasteiger partial charge in [0.05, 0.1) is 10.3 Å². The normalized spacial score (nSPS) is 18.4. The summed E-state index contributed by atoms with van der Waals surface area (Å²) in [6.07, 6.45) is 8.24. The third kappa shape index (κ3) is 4.25. The number of benzene rings is 1. The van der Waals surface area contributed by atoms with Crippen LogP contribution in [0.5, 0.6) is 0 Å². The van der Waals surface area contributed by atoms with Gasteiger partial charge in [0.25, 0.3) is 11.6 Å². The number of aryl methyl sites for hydroxylation is 2. The van der Waals surface area contributed by atoms with Gasteiger partial charge in [0, 0.05) is 48.6 Å². The van der Waals surface area contributed by atoms with Gasteiger partial charge in [-0.15, -0.1) is 11.3 Å². The molecule has 3 heterocycles. The number of hydrogen-bond acceptors (Lipinski definition) is 7. The number of nitrogens with zero attached hydrogens (tertiary/aromatic N) is 5. The lowest BCUT2D eigenvalue weighted by molar-refractivity contribution is -0.384. The molecule has 182 valence electrons. The second-order valence-corrected chi connectivity index (χ2v) is 11.1. The molecule has 35 heavy (non-hydrogen) atoms. The molecule has 3 aromatic rings. The molecule has 0 radical (unpaired) electrons. The van der Waals surface area contributed by atoms with Crippen molar-refractivity contribution in [2.75, 3.05) is 31.1 Å². The van der Waals surface area contributed by atoms with Gasteiger partial charge in [-0.3, -0.25) is 14.9 Å². The number of nitro groups is 1. The Kier molecular flexibility index (Phi) is 5.84. The Morgan fingerprint density at radius 3 is 2.60 bits per heavy atom. The molecule has 0 N–H and O–H groups in total. The molecule has 1 aromatic carbocycles. The summed E-state index contributed by atoms with van der Waals surface area (Å²) in [5.41, 5.74) is 1.48. The largest absolute Gasteiger partial charge is 0.352 e. The predicted octanol–water partition coefficient (Wildman–Crippen LogP) is 5.36. The number of carbonyl (C=O) groups excluding carboxylic acids is 1. The van der Waals surface area contributed by atoms with Gasteiger partial charge in [-0.1, -0.05) is 18.0 Å². The van der Waals surface area contributed by atoms with Crippen LogP contribution in [0.25, 0.3) is 10.2 Å². The molecule has 8 nitrogen and oxygen atoms in total. The van der Waals surface area contributed by atoms with Crippen LogP contribution in [-0.2, 0) is 12.8 Å². The van der Waals surface area contributed by atoms with Crippen LogP contribution in [-0.4, -0.2) is 51.9 Å². The third-order valence-electron chi connectivity index (χ3n) is 7.26. The lowest BCUT2D eigenvalue weighted by Gasteiger charge is -2.36. The minimum Gasteiger partial charge on any atom is -0.352 e. The van der Waals surface area contributed by atoms with E-state index in [0.29, 0.717) is 32.1 Å². The molecule has 1 saturated heterocycles. The van der Waals surface area contributed by atoms with Crippen molar-refractivity contribution in [3.63, 3.8) is 0 Å². The Bertz CT molecular complexity index is 1330. The lowest BCUT2D eigenvalue weighted by Crippen LogP contribution is -2.49. The van der Waals surface area contributed by atoms with Gasteiger partial charge in [-0.2, -0.15) is 0 Å². The molecule has 2 aromatic heterocycles. The number of hydrogen-bond donors (Lipinski definition) is 0. The summed E-state index contributed by atoms with van der Waals surface area (Å²) in [6, 6.07) is 4.25.